The summed E-state index contributed by atoms with van der Waals surface area (Å²) in [6.45, 7) is -0.0650. The number of phenolic OH excluding ortho intramolecular Hbond substituents is 1. The Morgan fingerprint density at radius 1 is 1.27 bits per heavy atom. The minimum atomic E-state index is -0.401. The Morgan fingerprint density at radius 2 is 1.87 bits per heavy atom. The van der Waals surface area contributed by atoms with E-state index in [1.54, 1.807) is 0 Å². The fourth-order valence-corrected chi connectivity index (χ4v) is 0.998. The number of amides is 2. The smallest absolute Gasteiger partial charge is 0.314 e. The third-order valence-corrected chi connectivity index (χ3v) is 1.83. The molecule has 15 heavy (non-hydrogen) atoms. The molecule has 0 radical (unpaired) electrons. The standard InChI is InChI=1S/C10H12N2O3/c1-11-10(15)12-6-9(14)7-2-4-8(13)5-3-7/h2-5,13H,6H2,1H3,(H2,11,12,15). The van der Waals surface area contributed by atoms with Crippen LogP contribution in [0.1, 0.15) is 10.4 Å². The molecule has 1 aromatic rings. The quantitative estimate of drug-likeness (QED) is 0.633. The van der Waals surface area contributed by atoms with Crippen molar-refractivity contribution in [3.05, 3.63) is 29.8 Å². The Bertz CT molecular complexity index is 359. The summed E-state index contributed by atoms with van der Waals surface area (Å²) in [5.74, 6) is -0.107. The predicted octanol–water partition coefficient (Wildman–Crippen LogP) is 0.504. The van der Waals surface area contributed by atoms with E-state index in [0.29, 0.717) is 5.56 Å². The monoisotopic (exact) mass is 208 g/mol. The normalized spacial score (nSPS) is 9.40. The van der Waals surface area contributed by atoms with Crippen LogP contribution in [0.2, 0.25) is 0 Å². The lowest BCUT2D eigenvalue weighted by atomic mass is 10.1. The molecule has 0 fully saturated rings. The molecule has 0 aliphatic rings. The van der Waals surface area contributed by atoms with Crippen LogP contribution in [-0.2, 0) is 0 Å². The van der Waals surface area contributed by atoms with Crippen molar-refractivity contribution >= 4 is 11.8 Å². The number of Topliss-reactive ketones (excluding diaryl/α,β-unsaturated/α-hetero) is 1. The number of carbonyl (C=O) groups is 2. The molecule has 2 amide bonds. The Labute approximate surface area is 87.1 Å². The molecule has 0 aromatic heterocycles. The molecule has 3 N–H and O–H groups in total. The van der Waals surface area contributed by atoms with E-state index in [9.17, 15) is 9.59 Å². The maximum atomic E-state index is 11.5. The number of nitrogens with one attached hydrogen (secondary N) is 2. The van der Waals surface area contributed by atoms with Crippen LogP contribution < -0.4 is 10.6 Å². The number of phenols is 1. The van der Waals surface area contributed by atoms with Gasteiger partial charge in [-0.1, -0.05) is 0 Å². The average Bonchev–Trinajstić information content (AvgIpc) is 2.26. The first-order chi connectivity index (χ1) is 7.13. The first-order valence-corrected chi connectivity index (χ1v) is 4.41. The van der Waals surface area contributed by atoms with Crippen LogP contribution >= 0.6 is 0 Å². The Kier molecular flexibility index (Phi) is 3.68. The van der Waals surface area contributed by atoms with Gasteiger partial charge in [-0.2, -0.15) is 0 Å². The molecule has 1 aromatic carbocycles. The Hall–Kier alpha value is -2.04. The molecule has 80 valence electrons. The first-order valence-electron chi connectivity index (χ1n) is 4.41. The molecule has 0 heterocycles. The van der Waals surface area contributed by atoms with Gasteiger partial charge in [-0.05, 0) is 24.3 Å². The highest BCUT2D eigenvalue weighted by Crippen LogP contribution is 2.09. The summed E-state index contributed by atoms with van der Waals surface area (Å²) < 4.78 is 0. The topological polar surface area (TPSA) is 78.4 Å². The van der Waals surface area contributed by atoms with Crippen LogP contribution in [0.25, 0.3) is 0 Å². The zero-order chi connectivity index (χ0) is 11.3. The summed E-state index contributed by atoms with van der Waals surface area (Å²) in [4.78, 5) is 22.2. The fraction of sp³-hybridized carbons (Fsp3) is 0.200. The van der Waals surface area contributed by atoms with Crippen LogP contribution in [0.3, 0.4) is 0 Å². The van der Waals surface area contributed by atoms with Crippen LogP contribution in [0.15, 0.2) is 24.3 Å². The highest BCUT2D eigenvalue weighted by Gasteiger charge is 2.06. The van der Waals surface area contributed by atoms with Gasteiger partial charge < -0.3 is 15.7 Å². The lowest BCUT2D eigenvalue weighted by molar-refractivity contribution is 0.0992. The number of benzene rings is 1. The first kappa shape index (κ1) is 11.0. The highest BCUT2D eigenvalue weighted by molar-refractivity contribution is 5.99. The van der Waals surface area contributed by atoms with Gasteiger partial charge in [0.15, 0.2) is 5.78 Å². The SMILES string of the molecule is CNC(=O)NCC(=O)c1ccc(O)cc1. The highest BCUT2D eigenvalue weighted by atomic mass is 16.3. The molecule has 0 bridgehead atoms. The second-order valence-corrected chi connectivity index (χ2v) is 2.90. The molecular formula is C10H12N2O3. The lowest BCUT2D eigenvalue weighted by Gasteiger charge is -2.03. The number of urea groups is 1. The van der Waals surface area contributed by atoms with E-state index in [-0.39, 0.29) is 18.1 Å². The van der Waals surface area contributed by atoms with Crippen LogP contribution in [0.5, 0.6) is 5.75 Å². The molecule has 0 spiro atoms. The maximum Gasteiger partial charge on any atom is 0.314 e. The van der Waals surface area contributed by atoms with Gasteiger partial charge in [0.1, 0.15) is 5.75 Å². The Balaban J connectivity index is 2.54. The zero-order valence-electron chi connectivity index (χ0n) is 8.28. The summed E-state index contributed by atoms with van der Waals surface area (Å²) in [7, 11) is 1.47. The van der Waals surface area contributed by atoms with Crippen LogP contribution in [0, 0.1) is 0 Å². The number of rotatable bonds is 3. The molecular weight excluding hydrogens is 196 g/mol. The van der Waals surface area contributed by atoms with Gasteiger partial charge in [0.2, 0.25) is 0 Å². The Morgan fingerprint density at radius 3 is 2.40 bits per heavy atom. The molecule has 0 unspecified atom stereocenters. The van der Waals surface area contributed by atoms with E-state index in [1.807, 2.05) is 0 Å². The summed E-state index contributed by atoms with van der Waals surface area (Å²) in [6, 6.07) is 5.45. The number of ketones is 1. The molecule has 1 rings (SSSR count). The van der Waals surface area contributed by atoms with Crippen molar-refractivity contribution in [2.75, 3.05) is 13.6 Å². The van der Waals surface area contributed by atoms with Gasteiger partial charge in [0.25, 0.3) is 0 Å². The van der Waals surface area contributed by atoms with Gasteiger partial charge in [-0.3, -0.25) is 4.79 Å². The average molecular weight is 208 g/mol. The van der Waals surface area contributed by atoms with Gasteiger partial charge in [0.05, 0.1) is 6.54 Å². The van der Waals surface area contributed by atoms with Crippen molar-refractivity contribution in [3.8, 4) is 5.75 Å². The summed E-state index contributed by atoms with van der Waals surface area (Å²) in [5.41, 5.74) is 0.448. The zero-order valence-corrected chi connectivity index (χ0v) is 8.28. The second kappa shape index (κ2) is 4.99. The van der Waals surface area contributed by atoms with Crippen molar-refractivity contribution in [1.29, 1.82) is 0 Å². The van der Waals surface area contributed by atoms with Crippen LogP contribution in [-0.4, -0.2) is 30.5 Å². The third kappa shape index (κ3) is 3.30. The summed E-state index contributed by atoms with van der Waals surface area (Å²) in [5, 5.41) is 13.7. The molecule has 0 aliphatic heterocycles. The van der Waals surface area contributed by atoms with Gasteiger partial charge in [-0.25, -0.2) is 4.79 Å². The van der Waals surface area contributed by atoms with E-state index in [0.717, 1.165) is 0 Å². The van der Waals surface area contributed by atoms with Gasteiger partial charge in [-0.15, -0.1) is 0 Å². The molecule has 0 atom stereocenters. The van der Waals surface area contributed by atoms with Crippen molar-refractivity contribution in [3.63, 3.8) is 0 Å². The molecule has 0 saturated heterocycles. The third-order valence-electron chi connectivity index (χ3n) is 1.83. The molecule has 5 heteroatoms. The second-order valence-electron chi connectivity index (χ2n) is 2.90. The van der Waals surface area contributed by atoms with Crippen LogP contribution in [0.4, 0.5) is 4.79 Å². The van der Waals surface area contributed by atoms with Gasteiger partial charge >= 0.3 is 6.03 Å². The summed E-state index contributed by atoms with van der Waals surface area (Å²) >= 11 is 0. The van der Waals surface area contributed by atoms with Crippen molar-refractivity contribution in [1.82, 2.24) is 10.6 Å². The molecule has 0 saturated carbocycles. The van der Waals surface area contributed by atoms with Crippen molar-refractivity contribution in [2.24, 2.45) is 0 Å². The van der Waals surface area contributed by atoms with Gasteiger partial charge in [0, 0.05) is 12.6 Å². The van der Waals surface area contributed by atoms with E-state index >= 15 is 0 Å². The van der Waals surface area contributed by atoms with E-state index < -0.39 is 6.03 Å². The van der Waals surface area contributed by atoms with Crippen molar-refractivity contribution in [2.45, 2.75) is 0 Å². The fourth-order valence-electron chi connectivity index (χ4n) is 0.998. The van der Waals surface area contributed by atoms with E-state index in [4.69, 9.17) is 5.11 Å². The number of hydrogen-bond donors (Lipinski definition) is 3. The predicted molar refractivity (Wildman–Crippen MR) is 54.9 cm³/mol. The minimum Gasteiger partial charge on any atom is -0.508 e. The van der Waals surface area contributed by atoms with E-state index in [2.05, 4.69) is 10.6 Å². The maximum absolute atomic E-state index is 11.5. The largest absolute Gasteiger partial charge is 0.508 e. The molecule has 5 nitrogen and oxygen atoms in total. The number of carbonyl (C=O) groups excluding carboxylic acids is 2. The number of hydrogen-bond acceptors (Lipinski definition) is 3. The summed E-state index contributed by atoms with van der Waals surface area (Å²) in [6.07, 6.45) is 0. The number of aromatic hydroxyl groups is 1. The molecule has 0 aliphatic carbocycles. The van der Waals surface area contributed by atoms with Crippen molar-refractivity contribution < 1.29 is 14.7 Å². The lowest BCUT2D eigenvalue weighted by Crippen LogP contribution is -2.36. The minimum absolute atomic E-state index is 0.0650. The van der Waals surface area contributed by atoms with E-state index in [1.165, 1.54) is 31.3 Å².